The van der Waals surface area contributed by atoms with E-state index in [2.05, 4.69) is 0 Å². The minimum Gasteiger partial charge on any atom is -0.326 e. The molecule has 1 heterocycles. The number of benzene rings is 1. The first kappa shape index (κ1) is 12.8. The molecule has 1 aromatic carbocycles. The second-order valence-electron chi connectivity index (χ2n) is 3.99. The summed E-state index contributed by atoms with van der Waals surface area (Å²) in [5.74, 6) is -0.628. The van der Waals surface area contributed by atoms with Gasteiger partial charge in [-0.05, 0) is 24.6 Å². The van der Waals surface area contributed by atoms with Gasteiger partial charge < -0.3 is 5.73 Å². The summed E-state index contributed by atoms with van der Waals surface area (Å²) in [6.07, 6.45) is 0.603. The third-order valence-corrected chi connectivity index (χ3v) is 5.05. The molecule has 1 atom stereocenters. The Kier molecular flexibility index (Phi) is 3.40. The lowest BCUT2D eigenvalue weighted by atomic mass is 10.3. The van der Waals surface area contributed by atoms with Crippen LogP contribution < -0.4 is 5.73 Å². The van der Waals surface area contributed by atoms with Crippen LogP contribution in [0.2, 0.25) is 5.02 Å². The summed E-state index contributed by atoms with van der Waals surface area (Å²) in [6.45, 7) is 0.589. The summed E-state index contributed by atoms with van der Waals surface area (Å²) in [7, 11) is -3.74. The molecule has 0 aliphatic carbocycles. The van der Waals surface area contributed by atoms with Crippen molar-refractivity contribution in [2.75, 3.05) is 13.1 Å². The first-order valence-electron chi connectivity index (χ1n) is 5.12. The third kappa shape index (κ3) is 2.44. The van der Waals surface area contributed by atoms with E-state index in [4.69, 9.17) is 17.3 Å². The van der Waals surface area contributed by atoms with Crippen LogP contribution in [0, 0.1) is 5.82 Å². The molecule has 2 N–H and O–H groups in total. The molecule has 1 aliphatic heterocycles. The molecule has 1 fully saturated rings. The molecule has 1 aliphatic rings. The van der Waals surface area contributed by atoms with Crippen LogP contribution in [0.3, 0.4) is 0 Å². The van der Waals surface area contributed by atoms with Gasteiger partial charge in [-0.25, -0.2) is 12.8 Å². The quantitative estimate of drug-likeness (QED) is 0.884. The minimum absolute atomic E-state index is 0.0203. The first-order chi connectivity index (χ1) is 7.91. The van der Waals surface area contributed by atoms with Crippen molar-refractivity contribution >= 4 is 21.6 Å². The lowest BCUT2D eigenvalue weighted by molar-refractivity contribution is 0.471. The van der Waals surface area contributed by atoms with Gasteiger partial charge in [-0.1, -0.05) is 11.6 Å². The number of hydrogen-bond acceptors (Lipinski definition) is 3. The Labute approximate surface area is 104 Å². The second kappa shape index (κ2) is 4.53. The number of nitrogens with zero attached hydrogens (tertiary/aromatic N) is 1. The average molecular weight is 279 g/mol. The van der Waals surface area contributed by atoms with Gasteiger partial charge in [-0.3, -0.25) is 0 Å². The van der Waals surface area contributed by atoms with Crippen LogP contribution in [0.15, 0.2) is 23.1 Å². The van der Waals surface area contributed by atoms with Gasteiger partial charge in [0.05, 0.1) is 5.02 Å². The molecule has 0 saturated carbocycles. The minimum atomic E-state index is -3.74. The van der Waals surface area contributed by atoms with Gasteiger partial charge in [0.1, 0.15) is 10.7 Å². The Hall–Kier alpha value is -0.690. The molecule has 94 valence electrons. The third-order valence-electron chi connectivity index (χ3n) is 2.70. The van der Waals surface area contributed by atoms with Crippen molar-refractivity contribution < 1.29 is 12.8 Å². The maximum Gasteiger partial charge on any atom is 0.244 e. The van der Waals surface area contributed by atoms with Crippen LogP contribution in [0.25, 0.3) is 0 Å². The van der Waals surface area contributed by atoms with E-state index in [0.717, 1.165) is 12.1 Å². The molecule has 0 bridgehead atoms. The second-order valence-corrected chi connectivity index (χ2v) is 6.30. The lowest BCUT2D eigenvalue weighted by Crippen LogP contribution is -2.32. The van der Waals surface area contributed by atoms with Crippen LogP contribution in [-0.2, 0) is 10.0 Å². The lowest BCUT2D eigenvalue weighted by Gasteiger charge is -2.16. The topological polar surface area (TPSA) is 63.4 Å². The van der Waals surface area contributed by atoms with Crippen LogP contribution in [0.4, 0.5) is 4.39 Å². The fourth-order valence-electron chi connectivity index (χ4n) is 1.79. The summed E-state index contributed by atoms with van der Waals surface area (Å²) in [5.41, 5.74) is 5.65. The number of hydrogen-bond donors (Lipinski definition) is 1. The predicted octanol–water partition coefficient (Wildman–Crippen LogP) is 1.20. The van der Waals surface area contributed by atoms with E-state index in [-0.39, 0.29) is 22.5 Å². The highest BCUT2D eigenvalue weighted by Gasteiger charge is 2.32. The van der Waals surface area contributed by atoms with Crippen molar-refractivity contribution in [1.29, 1.82) is 0 Å². The van der Waals surface area contributed by atoms with E-state index >= 15 is 0 Å². The van der Waals surface area contributed by atoms with E-state index in [1.807, 2.05) is 0 Å². The monoisotopic (exact) mass is 278 g/mol. The zero-order valence-electron chi connectivity index (χ0n) is 8.94. The Morgan fingerprint density at radius 2 is 2.18 bits per heavy atom. The Morgan fingerprint density at radius 3 is 2.76 bits per heavy atom. The van der Waals surface area contributed by atoms with Gasteiger partial charge in [0.15, 0.2) is 0 Å². The molecular weight excluding hydrogens is 267 g/mol. The molecule has 2 rings (SSSR count). The summed E-state index contributed by atoms with van der Waals surface area (Å²) >= 11 is 5.79. The molecule has 0 aromatic heterocycles. The normalized spacial score (nSPS) is 21.9. The molecule has 17 heavy (non-hydrogen) atoms. The highest BCUT2D eigenvalue weighted by molar-refractivity contribution is 7.89. The maximum atomic E-state index is 13.1. The Morgan fingerprint density at radius 1 is 1.47 bits per heavy atom. The van der Waals surface area contributed by atoms with Crippen LogP contribution in [0.1, 0.15) is 6.42 Å². The van der Waals surface area contributed by atoms with Gasteiger partial charge in [0.25, 0.3) is 0 Å². The molecule has 1 unspecified atom stereocenters. The molecule has 7 heteroatoms. The fraction of sp³-hybridized carbons (Fsp3) is 0.400. The van der Waals surface area contributed by atoms with Crippen LogP contribution in [-0.4, -0.2) is 31.9 Å². The van der Waals surface area contributed by atoms with Crippen molar-refractivity contribution in [2.45, 2.75) is 17.4 Å². The Bertz CT molecular complexity index is 535. The van der Waals surface area contributed by atoms with E-state index in [1.165, 1.54) is 10.4 Å². The van der Waals surface area contributed by atoms with Crippen molar-refractivity contribution in [1.82, 2.24) is 4.31 Å². The van der Waals surface area contributed by atoms with E-state index < -0.39 is 15.8 Å². The number of sulfonamides is 1. The summed E-state index contributed by atoms with van der Waals surface area (Å²) < 4.78 is 38.7. The van der Waals surface area contributed by atoms with Crippen molar-refractivity contribution in [3.05, 3.63) is 29.0 Å². The molecule has 0 amide bonds. The van der Waals surface area contributed by atoms with E-state index in [9.17, 15) is 12.8 Å². The number of halogens is 2. The van der Waals surface area contributed by atoms with Crippen LogP contribution in [0.5, 0.6) is 0 Å². The smallest absolute Gasteiger partial charge is 0.244 e. The predicted molar refractivity (Wildman–Crippen MR) is 62.8 cm³/mol. The van der Waals surface area contributed by atoms with Crippen molar-refractivity contribution in [2.24, 2.45) is 5.73 Å². The summed E-state index contributed by atoms with van der Waals surface area (Å²) in [5, 5.41) is 0.0203. The van der Waals surface area contributed by atoms with Gasteiger partial charge in [0, 0.05) is 19.1 Å². The van der Waals surface area contributed by atoms with Crippen LogP contribution >= 0.6 is 11.6 Å². The van der Waals surface area contributed by atoms with E-state index in [1.54, 1.807) is 0 Å². The maximum absolute atomic E-state index is 13.1. The molecule has 0 radical (unpaired) electrons. The molecular formula is C10H12ClFN2O2S. The summed E-state index contributed by atoms with van der Waals surface area (Å²) in [6, 6.07) is 3.12. The zero-order valence-corrected chi connectivity index (χ0v) is 10.5. The van der Waals surface area contributed by atoms with Gasteiger partial charge in [0.2, 0.25) is 10.0 Å². The van der Waals surface area contributed by atoms with E-state index in [0.29, 0.717) is 13.0 Å². The molecule has 4 nitrogen and oxygen atoms in total. The number of rotatable bonds is 2. The first-order valence-corrected chi connectivity index (χ1v) is 6.94. The van der Waals surface area contributed by atoms with Crippen molar-refractivity contribution in [3.63, 3.8) is 0 Å². The van der Waals surface area contributed by atoms with Gasteiger partial charge >= 0.3 is 0 Å². The zero-order chi connectivity index (χ0) is 12.6. The standard InChI is InChI=1S/C10H12ClFN2O2S/c11-9-2-1-7(12)5-10(9)17(15,16)14-4-3-8(13)6-14/h1-2,5,8H,3-4,6,13H2. The molecule has 1 saturated heterocycles. The SMILES string of the molecule is NC1CCN(S(=O)(=O)c2cc(F)ccc2Cl)C1. The van der Waals surface area contributed by atoms with Crippen molar-refractivity contribution in [3.8, 4) is 0 Å². The van der Waals surface area contributed by atoms with Gasteiger partial charge in [-0.2, -0.15) is 4.31 Å². The Balaban J connectivity index is 2.41. The highest BCUT2D eigenvalue weighted by atomic mass is 35.5. The largest absolute Gasteiger partial charge is 0.326 e. The number of nitrogens with two attached hydrogens (primary N) is 1. The van der Waals surface area contributed by atoms with Gasteiger partial charge in [-0.15, -0.1) is 0 Å². The average Bonchev–Trinajstić information content (AvgIpc) is 2.69. The summed E-state index contributed by atoms with van der Waals surface area (Å²) in [4.78, 5) is -0.201. The fourth-order valence-corrected chi connectivity index (χ4v) is 3.78. The molecule has 1 aromatic rings. The highest BCUT2D eigenvalue weighted by Crippen LogP contribution is 2.27. The molecule has 0 spiro atoms.